The molecule has 1 saturated heterocycles. The van der Waals surface area contributed by atoms with Gasteiger partial charge in [-0.2, -0.15) is 0 Å². The lowest BCUT2D eigenvalue weighted by atomic mass is 10.2. The minimum atomic E-state index is -0.132. The van der Waals surface area contributed by atoms with Crippen LogP contribution in [0.1, 0.15) is 19.8 Å². The van der Waals surface area contributed by atoms with Gasteiger partial charge in [0.1, 0.15) is 0 Å². The van der Waals surface area contributed by atoms with E-state index in [1.165, 1.54) is 12.8 Å². The molecular formula is C13H24N2O3. The summed E-state index contributed by atoms with van der Waals surface area (Å²) in [6.45, 7) is 6.96. The van der Waals surface area contributed by atoms with E-state index in [4.69, 9.17) is 9.47 Å². The number of rotatable bonds is 7. The van der Waals surface area contributed by atoms with Gasteiger partial charge in [-0.15, -0.1) is 0 Å². The first kappa shape index (κ1) is 13.8. The Kier molecular flexibility index (Phi) is 5.41. The maximum Gasteiger partial charge on any atom is 0.239 e. The molecule has 104 valence electrons. The first-order valence-electron chi connectivity index (χ1n) is 6.95. The van der Waals surface area contributed by atoms with Gasteiger partial charge in [-0.25, -0.2) is 0 Å². The van der Waals surface area contributed by atoms with Crippen molar-refractivity contribution in [1.82, 2.24) is 10.2 Å². The van der Waals surface area contributed by atoms with Gasteiger partial charge in [-0.3, -0.25) is 4.79 Å². The molecule has 5 nitrogen and oxygen atoms in total. The van der Waals surface area contributed by atoms with Crippen LogP contribution in [-0.2, 0) is 14.3 Å². The third-order valence-corrected chi connectivity index (χ3v) is 3.44. The number of amides is 1. The van der Waals surface area contributed by atoms with Crippen molar-refractivity contribution < 1.29 is 14.3 Å². The van der Waals surface area contributed by atoms with E-state index in [9.17, 15) is 4.79 Å². The fourth-order valence-corrected chi connectivity index (χ4v) is 2.03. The average Bonchev–Trinajstić information content (AvgIpc) is 3.22. The maximum atomic E-state index is 12.0. The van der Waals surface area contributed by atoms with Crippen LogP contribution in [0.15, 0.2) is 0 Å². The molecule has 0 bridgehead atoms. The van der Waals surface area contributed by atoms with E-state index in [1.807, 2.05) is 11.8 Å². The molecule has 2 aliphatic rings. The summed E-state index contributed by atoms with van der Waals surface area (Å²) >= 11 is 0. The fourth-order valence-electron chi connectivity index (χ4n) is 2.03. The van der Waals surface area contributed by atoms with E-state index in [-0.39, 0.29) is 11.9 Å². The molecular weight excluding hydrogens is 232 g/mol. The summed E-state index contributed by atoms with van der Waals surface area (Å²) in [6.07, 6.45) is 2.64. The lowest BCUT2D eigenvalue weighted by Crippen LogP contribution is -2.49. The summed E-state index contributed by atoms with van der Waals surface area (Å²) in [5, 5.41) is 3.22. The van der Waals surface area contributed by atoms with Crippen LogP contribution >= 0.6 is 0 Å². The number of nitrogens with one attached hydrogen (secondary N) is 1. The van der Waals surface area contributed by atoms with Crippen molar-refractivity contribution in [2.24, 2.45) is 5.92 Å². The van der Waals surface area contributed by atoms with Crippen molar-refractivity contribution in [3.05, 3.63) is 0 Å². The number of ether oxygens (including phenoxy) is 2. The number of nitrogens with zero attached hydrogens (tertiary/aromatic N) is 1. The van der Waals surface area contributed by atoms with Gasteiger partial charge in [-0.1, -0.05) is 0 Å². The topological polar surface area (TPSA) is 50.8 Å². The van der Waals surface area contributed by atoms with Gasteiger partial charge in [0, 0.05) is 26.2 Å². The molecule has 1 unspecified atom stereocenters. The fraction of sp³-hybridized carbons (Fsp3) is 0.923. The number of carbonyl (C=O) groups is 1. The van der Waals surface area contributed by atoms with Crippen molar-refractivity contribution in [1.29, 1.82) is 0 Å². The Hall–Kier alpha value is -0.650. The molecule has 1 aliphatic carbocycles. The molecule has 0 spiro atoms. The first-order chi connectivity index (χ1) is 8.77. The van der Waals surface area contributed by atoms with E-state index in [1.54, 1.807) is 0 Å². The molecule has 18 heavy (non-hydrogen) atoms. The minimum Gasteiger partial charge on any atom is -0.380 e. The lowest BCUT2D eigenvalue weighted by molar-refractivity contribution is -0.137. The zero-order valence-electron chi connectivity index (χ0n) is 11.2. The number of carbonyl (C=O) groups excluding carboxylic acids is 1. The lowest BCUT2D eigenvalue weighted by Gasteiger charge is -2.29. The van der Waals surface area contributed by atoms with Crippen LogP contribution in [0.4, 0.5) is 0 Å². The van der Waals surface area contributed by atoms with Crippen LogP contribution in [0, 0.1) is 5.92 Å². The van der Waals surface area contributed by atoms with Crippen LogP contribution in [0.25, 0.3) is 0 Å². The Bertz CT molecular complexity index is 263. The number of morpholine rings is 1. The van der Waals surface area contributed by atoms with Crippen molar-refractivity contribution in [2.45, 2.75) is 25.8 Å². The van der Waals surface area contributed by atoms with Gasteiger partial charge in [-0.05, 0) is 25.7 Å². The van der Waals surface area contributed by atoms with Gasteiger partial charge in [0.05, 0.1) is 25.9 Å². The van der Waals surface area contributed by atoms with Crippen LogP contribution in [0.5, 0.6) is 0 Å². The molecule has 0 aromatic rings. The summed E-state index contributed by atoms with van der Waals surface area (Å²) in [6, 6.07) is -0.132. The Morgan fingerprint density at radius 1 is 1.44 bits per heavy atom. The van der Waals surface area contributed by atoms with Crippen LogP contribution in [0.3, 0.4) is 0 Å². The van der Waals surface area contributed by atoms with Gasteiger partial charge < -0.3 is 19.7 Å². The van der Waals surface area contributed by atoms with E-state index >= 15 is 0 Å². The SMILES string of the molecule is CC(NCCOCC1CC1)C(=O)N1CCOCC1. The van der Waals surface area contributed by atoms with Crippen molar-refractivity contribution in [3.63, 3.8) is 0 Å². The largest absolute Gasteiger partial charge is 0.380 e. The molecule has 1 amide bonds. The van der Waals surface area contributed by atoms with Crippen LogP contribution in [-0.4, -0.2) is 62.9 Å². The van der Waals surface area contributed by atoms with Crippen molar-refractivity contribution in [2.75, 3.05) is 46.1 Å². The average molecular weight is 256 g/mol. The first-order valence-corrected chi connectivity index (χ1v) is 6.95. The summed E-state index contributed by atoms with van der Waals surface area (Å²) in [5.41, 5.74) is 0. The maximum absolute atomic E-state index is 12.0. The standard InChI is InChI=1S/C13H24N2O3/c1-11(13(16)15-5-8-17-9-6-15)14-4-7-18-10-12-2-3-12/h11-12,14H,2-10H2,1H3. The van der Waals surface area contributed by atoms with E-state index < -0.39 is 0 Å². The number of hydrogen-bond acceptors (Lipinski definition) is 4. The third kappa shape index (κ3) is 4.55. The molecule has 2 fully saturated rings. The molecule has 5 heteroatoms. The van der Waals surface area contributed by atoms with Crippen molar-refractivity contribution >= 4 is 5.91 Å². The van der Waals surface area contributed by atoms with E-state index in [0.717, 1.165) is 19.1 Å². The summed E-state index contributed by atoms with van der Waals surface area (Å²) in [4.78, 5) is 13.9. The molecule has 2 rings (SSSR count). The summed E-state index contributed by atoms with van der Waals surface area (Å²) in [5.74, 6) is 0.970. The smallest absolute Gasteiger partial charge is 0.239 e. The quantitative estimate of drug-likeness (QED) is 0.663. The molecule has 0 aromatic heterocycles. The van der Waals surface area contributed by atoms with E-state index in [2.05, 4.69) is 5.32 Å². The zero-order chi connectivity index (χ0) is 12.8. The Morgan fingerprint density at radius 3 is 2.83 bits per heavy atom. The predicted molar refractivity (Wildman–Crippen MR) is 68.4 cm³/mol. The Balaban J connectivity index is 1.54. The highest BCUT2D eigenvalue weighted by molar-refractivity contribution is 5.81. The van der Waals surface area contributed by atoms with Gasteiger partial charge in [0.2, 0.25) is 5.91 Å². The third-order valence-electron chi connectivity index (χ3n) is 3.44. The second-order valence-corrected chi connectivity index (χ2v) is 5.13. The highest BCUT2D eigenvalue weighted by Gasteiger charge is 2.22. The van der Waals surface area contributed by atoms with Crippen LogP contribution < -0.4 is 5.32 Å². The normalized spacial score (nSPS) is 21.9. The second-order valence-electron chi connectivity index (χ2n) is 5.13. The minimum absolute atomic E-state index is 0.132. The molecule has 0 radical (unpaired) electrons. The number of hydrogen-bond donors (Lipinski definition) is 1. The van der Waals surface area contributed by atoms with Crippen molar-refractivity contribution in [3.8, 4) is 0 Å². The van der Waals surface area contributed by atoms with Gasteiger partial charge in [0.15, 0.2) is 0 Å². The van der Waals surface area contributed by atoms with Gasteiger partial charge in [0.25, 0.3) is 0 Å². The van der Waals surface area contributed by atoms with E-state index in [0.29, 0.717) is 32.9 Å². The predicted octanol–water partition coefficient (Wildman–Crippen LogP) is 0.250. The molecule has 1 heterocycles. The van der Waals surface area contributed by atoms with Crippen LogP contribution in [0.2, 0.25) is 0 Å². The molecule has 1 atom stereocenters. The van der Waals surface area contributed by atoms with Gasteiger partial charge >= 0.3 is 0 Å². The zero-order valence-corrected chi connectivity index (χ0v) is 11.2. The molecule has 1 N–H and O–H groups in total. The Morgan fingerprint density at radius 2 is 2.17 bits per heavy atom. The molecule has 1 aliphatic heterocycles. The Labute approximate surface area is 109 Å². The summed E-state index contributed by atoms with van der Waals surface area (Å²) < 4.78 is 10.8. The second kappa shape index (κ2) is 7.07. The summed E-state index contributed by atoms with van der Waals surface area (Å²) in [7, 11) is 0. The highest BCUT2D eigenvalue weighted by atomic mass is 16.5. The molecule has 0 aromatic carbocycles. The highest BCUT2D eigenvalue weighted by Crippen LogP contribution is 2.28. The molecule has 1 saturated carbocycles. The monoisotopic (exact) mass is 256 g/mol.